The SMILES string of the molecule is CSCC(CCO)NC(=O)c1ccc(Cl)nc1. The Morgan fingerprint density at radius 2 is 2.41 bits per heavy atom. The summed E-state index contributed by atoms with van der Waals surface area (Å²) in [5.74, 6) is 0.578. The molecule has 1 aromatic rings. The van der Waals surface area contributed by atoms with E-state index in [2.05, 4.69) is 10.3 Å². The second-order valence-corrected chi connectivity index (χ2v) is 4.81. The van der Waals surface area contributed by atoms with Crippen molar-refractivity contribution in [2.24, 2.45) is 0 Å². The first-order valence-corrected chi connectivity index (χ1v) is 6.96. The molecule has 0 aliphatic carbocycles. The number of thioether (sulfide) groups is 1. The molecule has 0 radical (unpaired) electrons. The summed E-state index contributed by atoms with van der Waals surface area (Å²) < 4.78 is 0. The Labute approximate surface area is 110 Å². The summed E-state index contributed by atoms with van der Waals surface area (Å²) in [4.78, 5) is 15.7. The van der Waals surface area contributed by atoms with Crippen molar-refractivity contribution in [3.05, 3.63) is 29.0 Å². The van der Waals surface area contributed by atoms with Crippen LogP contribution in [0.1, 0.15) is 16.8 Å². The highest BCUT2D eigenvalue weighted by Gasteiger charge is 2.13. The predicted molar refractivity (Wildman–Crippen MR) is 70.6 cm³/mol. The number of aliphatic hydroxyl groups is 1. The fourth-order valence-electron chi connectivity index (χ4n) is 1.33. The van der Waals surface area contributed by atoms with Crippen LogP contribution >= 0.6 is 23.4 Å². The molecule has 6 heteroatoms. The molecule has 1 heterocycles. The first-order valence-electron chi connectivity index (χ1n) is 5.19. The number of rotatable bonds is 6. The maximum atomic E-state index is 11.8. The lowest BCUT2D eigenvalue weighted by molar-refractivity contribution is 0.0935. The fourth-order valence-corrected chi connectivity index (χ4v) is 2.10. The van der Waals surface area contributed by atoms with E-state index < -0.39 is 0 Å². The molecule has 1 rings (SSSR count). The average molecular weight is 275 g/mol. The summed E-state index contributed by atoms with van der Waals surface area (Å²) in [7, 11) is 0. The van der Waals surface area contributed by atoms with Gasteiger partial charge in [-0.2, -0.15) is 11.8 Å². The Morgan fingerprint density at radius 1 is 1.65 bits per heavy atom. The van der Waals surface area contributed by atoms with Gasteiger partial charge in [0.05, 0.1) is 5.56 Å². The van der Waals surface area contributed by atoms with Crippen molar-refractivity contribution in [2.75, 3.05) is 18.6 Å². The minimum atomic E-state index is -0.193. The maximum absolute atomic E-state index is 11.8. The lowest BCUT2D eigenvalue weighted by atomic mass is 10.2. The molecular formula is C11H15ClN2O2S. The van der Waals surface area contributed by atoms with Crippen LogP contribution in [0.2, 0.25) is 5.15 Å². The molecule has 0 bridgehead atoms. The van der Waals surface area contributed by atoms with E-state index in [1.54, 1.807) is 23.9 Å². The lowest BCUT2D eigenvalue weighted by Crippen LogP contribution is -2.37. The number of hydrogen-bond acceptors (Lipinski definition) is 4. The second-order valence-electron chi connectivity index (χ2n) is 3.51. The van der Waals surface area contributed by atoms with Gasteiger partial charge in [-0.1, -0.05) is 11.6 Å². The molecule has 94 valence electrons. The molecule has 4 nitrogen and oxygen atoms in total. The summed E-state index contributed by atoms with van der Waals surface area (Å²) in [6.45, 7) is 0.0599. The number of nitrogens with zero attached hydrogens (tertiary/aromatic N) is 1. The average Bonchev–Trinajstić information content (AvgIpc) is 2.30. The summed E-state index contributed by atoms with van der Waals surface area (Å²) in [5, 5.41) is 12.1. The van der Waals surface area contributed by atoms with Gasteiger partial charge in [-0.25, -0.2) is 4.98 Å². The van der Waals surface area contributed by atoms with Crippen molar-refractivity contribution in [2.45, 2.75) is 12.5 Å². The molecule has 0 aliphatic rings. The molecule has 17 heavy (non-hydrogen) atoms. The predicted octanol–water partition coefficient (Wildman–Crippen LogP) is 1.58. The number of aliphatic hydroxyl groups excluding tert-OH is 1. The third-order valence-corrected chi connectivity index (χ3v) is 3.13. The lowest BCUT2D eigenvalue weighted by Gasteiger charge is -2.16. The van der Waals surface area contributed by atoms with Crippen molar-refractivity contribution in [1.82, 2.24) is 10.3 Å². The minimum absolute atomic E-state index is 0.0295. The van der Waals surface area contributed by atoms with Crippen LogP contribution in [0.25, 0.3) is 0 Å². The second kappa shape index (κ2) is 7.53. The van der Waals surface area contributed by atoms with Crippen LogP contribution < -0.4 is 5.32 Å². The number of aromatic nitrogens is 1. The first kappa shape index (κ1) is 14.3. The van der Waals surface area contributed by atoms with E-state index in [0.717, 1.165) is 5.75 Å². The molecule has 0 spiro atoms. The van der Waals surface area contributed by atoms with E-state index in [0.29, 0.717) is 17.1 Å². The van der Waals surface area contributed by atoms with Gasteiger partial charge in [-0.05, 0) is 24.8 Å². The number of amides is 1. The highest BCUT2D eigenvalue weighted by Crippen LogP contribution is 2.07. The highest BCUT2D eigenvalue weighted by atomic mass is 35.5. The van der Waals surface area contributed by atoms with E-state index in [1.165, 1.54) is 6.20 Å². The van der Waals surface area contributed by atoms with Gasteiger partial charge in [0.25, 0.3) is 5.91 Å². The van der Waals surface area contributed by atoms with Crippen LogP contribution in [0.4, 0.5) is 0 Å². The summed E-state index contributed by atoms with van der Waals surface area (Å²) in [6.07, 6.45) is 3.95. The van der Waals surface area contributed by atoms with Crippen LogP contribution in [0.15, 0.2) is 18.3 Å². The Morgan fingerprint density at radius 3 is 2.94 bits per heavy atom. The van der Waals surface area contributed by atoms with Gasteiger partial charge in [-0.3, -0.25) is 4.79 Å². The van der Waals surface area contributed by atoms with Crippen LogP contribution in [0.5, 0.6) is 0 Å². The molecule has 0 aromatic carbocycles. The summed E-state index contributed by atoms with van der Waals surface area (Å²) in [6, 6.07) is 3.17. The largest absolute Gasteiger partial charge is 0.396 e. The normalized spacial score (nSPS) is 12.2. The number of carbonyl (C=O) groups excluding carboxylic acids is 1. The van der Waals surface area contributed by atoms with E-state index in [-0.39, 0.29) is 18.6 Å². The third-order valence-electron chi connectivity index (χ3n) is 2.17. The number of halogens is 1. The zero-order valence-corrected chi connectivity index (χ0v) is 11.1. The van der Waals surface area contributed by atoms with Crippen molar-refractivity contribution in [3.63, 3.8) is 0 Å². The van der Waals surface area contributed by atoms with E-state index in [4.69, 9.17) is 16.7 Å². The summed E-state index contributed by atoms with van der Waals surface area (Å²) in [5.41, 5.74) is 0.471. The molecule has 1 aromatic heterocycles. The molecule has 2 N–H and O–H groups in total. The molecule has 0 aliphatic heterocycles. The quantitative estimate of drug-likeness (QED) is 0.773. The standard InChI is InChI=1S/C11H15ClN2O2S/c1-17-7-9(4-5-15)14-11(16)8-2-3-10(12)13-6-8/h2-3,6,9,15H,4-5,7H2,1H3,(H,14,16). The van der Waals surface area contributed by atoms with Crippen molar-refractivity contribution >= 4 is 29.3 Å². The monoisotopic (exact) mass is 274 g/mol. The molecule has 1 amide bonds. The molecule has 1 unspecified atom stereocenters. The Kier molecular flexibility index (Phi) is 6.32. The topological polar surface area (TPSA) is 62.2 Å². The van der Waals surface area contributed by atoms with Crippen molar-refractivity contribution in [3.8, 4) is 0 Å². The number of hydrogen-bond donors (Lipinski definition) is 2. The Hall–Kier alpha value is -0.780. The molecular weight excluding hydrogens is 260 g/mol. The van der Waals surface area contributed by atoms with Gasteiger partial charge < -0.3 is 10.4 Å². The number of pyridine rings is 1. The van der Waals surface area contributed by atoms with Crippen LogP contribution in [0.3, 0.4) is 0 Å². The molecule has 0 saturated heterocycles. The zero-order chi connectivity index (χ0) is 12.7. The zero-order valence-electron chi connectivity index (χ0n) is 9.52. The number of nitrogens with one attached hydrogen (secondary N) is 1. The van der Waals surface area contributed by atoms with Gasteiger partial charge in [0, 0.05) is 24.6 Å². The number of carbonyl (C=O) groups is 1. The van der Waals surface area contributed by atoms with E-state index in [9.17, 15) is 4.79 Å². The van der Waals surface area contributed by atoms with Crippen LogP contribution in [-0.2, 0) is 0 Å². The van der Waals surface area contributed by atoms with Gasteiger partial charge >= 0.3 is 0 Å². The minimum Gasteiger partial charge on any atom is -0.396 e. The molecule has 1 atom stereocenters. The van der Waals surface area contributed by atoms with Gasteiger partial charge in [0.2, 0.25) is 0 Å². The van der Waals surface area contributed by atoms with Crippen LogP contribution in [0, 0.1) is 0 Å². The highest BCUT2D eigenvalue weighted by molar-refractivity contribution is 7.98. The maximum Gasteiger partial charge on any atom is 0.253 e. The van der Waals surface area contributed by atoms with Crippen molar-refractivity contribution < 1.29 is 9.90 Å². The van der Waals surface area contributed by atoms with Gasteiger partial charge in [0.1, 0.15) is 5.15 Å². The van der Waals surface area contributed by atoms with Crippen LogP contribution in [-0.4, -0.2) is 40.7 Å². The first-order chi connectivity index (χ1) is 8.17. The molecule has 0 saturated carbocycles. The Bertz CT molecular complexity index is 353. The fraction of sp³-hybridized carbons (Fsp3) is 0.455. The smallest absolute Gasteiger partial charge is 0.253 e. The Balaban J connectivity index is 2.60. The van der Waals surface area contributed by atoms with E-state index >= 15 is 0 Å². The van der Waals surface area contributed by atoms with E-state index in [1.807, 2.05) is 6.26 Å². The van der Waals surface area contributed by atoms with Crippen molar-refractivity contribution in [1.29, 1.82) is 0 Å². The molecule has 0 fully saturated rings. The summed E-state index contributed by atoms with van der Waals surface area (Å²) >= 11 is 7.27. The third kappa shape index (κ3) is 4.93. The van der Waals surface area contributed by atoms with Gasteiger partial charge in [-0.15, -0.1) is 0 Å². The van der Waals surface area contributed by atoms with Gasteiger partial charge in [0.15, 0.2) is 0 Å².